The zero-order valence-electron chi connectivity index (χ0n) is 16.6. The molecule has 8 nitrogen and oxygen atoms in total. The predicted octanol–water partition coefficient (Wildman–Crippen LogP) is 1.29. The molecule has 0 aromatic carbocycles. The molecule has 0 unspecified atom stereocenters. The molecule has 1 aromatic heterocycles. The van der Waals surface area contributed by atoms with E-state index in [1.165, 1.54) is 32.1 Å². The number of nitrogens with zero attached hydrogens (tertiary/aromatic N) is 4. The van der Waals surface area contributed by atoms with Gasteiger partial charge in [0, 0.05) is 39.1 Å². The van der Waals surface area contributed by atoms with Crippen LogP contribution in [0.4, 0.5) is 0 Å². The first kappa shape index (κ1) is 19.4. The fourth-order valence-electron chi connectivity index (χ4n) is 4.58. The van der Waals surface area contributed by atoms with Gasteiger partial charge in [0.25, 0.3) is 0 Å². The Hall–Kier alpha value is -1.96. The second kappa shape index (κ2) is 9.03. The smallest absolute Gasteiger partial charge is 0.225 e. The van der Waals surface area contributed by atoms with Crippen LogP contribution in [0.1, 0.15) is 56.6 Å². The van der Waals surface area contributed by atoms with Crippen LogP contribution >= 0.6 is 0 Å². The van der Waals surface area contributed by atoms with Gasteiger partial charge in [0.05, 0.1) is 19.1 Å². The van der Waals surface area contributed by atoms with E-state index < -0.39 is 0 Å². The van der Waals surface area contributed by atoms with E-state index in [9.17, 15) is 9.59 Å². The Kier molecular flexibility index (Phi) is 6.24. The second-order valence-electron chi connectivity index (χ2n) is 8.30. The van der Waals surface area contributed by atoms with Crippen LogP contribution in [0.25, 0.3) is 0 Å². The molecule has 28 heavy (non-hydrogen) atoms. The Morgan fingerprint density at radius 2 is 1.93 bits per heavy atom. The molecule has 1 saturated heterocycles. The molecule has 0 radical (unpaired) electrons. The number of hydrogen-bond acceptors (Lipinski definition) is 5. The zero-order chi connectivity index (χ0) is 19.3. The Balaban J connectivity index is 1.30. The number of hydrogen-bond donors (Lipinski definition) is 1. The van der Waals surface area contributed by atoms with Gasteiger partial charge in [-0.3, -0.25) is 9.59 Å². The van der Waals surface area contributed by atoms with E-state index in [0.29, 0.717) is 58.2 Å². The minimum Gasteiger partial charge on any atom is -0.381 e. The first-order valence-corrected chi connectivity index (χ1v) is 10.7. The van der Waals surface area contributed by atoms with Crippen molar-refractivity contribution < 1.29 is 14.3 Å². The largest absolute Gasteiger partial charge is 0.381 e. The van der Waals surface area contributed by atoms with Crippen LogP contribution < -0.4 is 5.32 Å². The van der Waals surface area contributed by atoms with Gasteiger partial charge in [0.1, 0.15) is 5.82 Å². The second-order valence-corrected chi connectivity index (χ2v) is 8.30. The van der Waals surface area contributed by atoms with Gasteiger partial charge in [-0.25, -0.2) is 0 Å². The Labute approximate surface area is 166 Å². The zero-order valence-corrected chi connectivity index (χ0v) is 16.6. The number of nitrogens with one attached hydrogen (secondary N) is 1. The molecule has 1 aliphatic carbocycles. The Morgan fingerprint density at radius 1 is 1.07 bits per heavy atom. The summed E-state index contributed by atoms with van der Waals surface area (Å²) < 4.78 is 7.35. The topological polar surface area (TPSA) is 89.4 Å². The summed E-state index contributed by atoms with van der Waals surface area (Å²) in [6, 6.07) is 0. The third-order valence-electron chi connectivity index (χ3n) is 6.36. The van der Waals surface area contributed by atoms with E-state index in [1.807, 2.05) is 4.90 Å². The third-order valence-corrected chi connectivity index (χ3v) is 6.36. The lowest BCUT2D eigenvalue weighted by Gasteiger charge is -2.25. The van der Waals surface area contributed by atoms with Crippen LogP contribution in [0, 0.1) is 11.8 Å². The number of carbonyl (C=O) groups is 2. The van der Waals surface area contributed by atoms with Crippen molar-refractivity contribution in [1.29, 1.82) is 0 Å². The molecule has 3 aliphatic rings. The van der Waals surface area contributed by atoms with Gasteiger partial charge in [-0.2, -0.15) is 0 Å². The summed E-state index contributed by atoms with van der Waals surface area (Å²) in [6.45, 7) is 3.61. The molecular formula is C20H31N5O3. The number of rotatable bonds is 5. The Morgan fingerprint density at radius 3 is 2.71 bits per heavy atom. The van der Waals surface area contributed by atoms with Crippen molar-refractivity contribution in [2.24, 2.45) is 11.8 Å². The van der Waals surface area contributed by atoms with Crippen molar-refractivity contribution in [3.8, 4) is 0 Å². The van der Waals surface area contributed by atoms with Gasteiger partial charge in [-0.05, 0) is 25.2 Å². The van der Waals surface area contributed by atoms with Crippen molar-refractivity contribution in [3.63, 3.8) is 0 Å². The molecule has 1 aromatic rings. The van der Waals surface area contributed by atoms with Gasteiger partial charge in [0.2, 0.25) is 11.8 Å². The van der Waals surface area contributed by atoms with Crippen molar-refractivity contribution in [3.05, 3.63) is 11.6 Å². The predicted molar refractivity (Wildman–Crippen MR) is 102 cm³/mol. The molecule has 3 heterocycles. The third kappa shape index (κ3) is 4.54. The van der Waals surface area contributed by atoms with Gasteiger partial charge in [-0.1, -0.05) is 19.3 Å². The van der Waals surface area contributed by atoms with Crippen molar-refractivity contribution >= 4 is 11.8 Å². The molecule has 2 amide bonds. The van der Waals surface area contributed by atoms with Crippen LogP contribution in [-0.2, 0) is 33.8 Å². The number of amides is 2. The summed E-state index contributed by atoms with van der Waals surface area (Å²) in [5, 5.41) is 11.5. The van der Waals surface area contributed by atoms with Crippen LogP contribution in [-0.4, -0.2) is 57.8 Å². The molecule has 2 aliphatic heterocycles. The molecule has 1 saturated carbocycles. The molecule has 0 bridgehead atoms. The monoisotopic (exact) mass is 389 g/mol. The SMILES string of the molecule is O=C(NCc1nnc2n1CCN(C(=O)CC1CCCCC1)CC2)[C@H]1CCOC1. The van der Waals surface area contributed by atoms with Crippen LogP contribution in [0.15, 0.2) is 0 Å². The van der Waals surface area contributed by atoms with Crippen LogP contribution in [0.5, 0.6) is 0 Å². The highest BCUT2D eigenvalue weighted by Crippen LogP contribution is 2.27. The summed E-state index contributed by atoms with van der Waals surface area (Å²) in [6.07, 6.45) is 8.42. The molecule has 4 rings (SSSR count). The molecular weight excluding hydrogens is 358 g/mol. The van der Waals surface area contributed by atoms with Gasteiger partial charge in [0.15, 0.2) is 5.82 Å². The standard InChI is InChI=1S/C20H31N5O3/c26-19(12-15-4-2-1-3-5-15)24-8-6-17-22-23-18(25(17)10-9-24)13-21-20(27)16-7-11-28-14-16/h15-16H,1-14H2,(H,21,27)/t16-/m0/s1. The van der Waals surface area contributed by atoms with E-state index in [1.54, 1.807) is 0 Å². The number of aromatic nitrogens is 3. The van der Waals surface area contributed by atoms with Gasteiger partial charge >= 0.3 is 0 Å². The molecule has 1 atom stereocenters. The quantitative estimate of drug-likeness (QED) is 0.820. The highest BCUT2D eigenvalue weighted by molar-refractivity contribution is 5.79. The highest BCUT2D eigenvalue weighted by Gasteiger charge is 2.26. The summed E-state index contributed by atoms with van der Waals surface area (Å²) in [5.74, 6) is 2.48. The molecule has 1 N–H and O–H groups in total. The maximum Gasteiger partial charge on any atom is 0.225 e. The summed E-state index contributed by atoms with van der Waals surface area (Å²) in [5.41, 5.74) is 0. The maximum absolute atomic E-state index is 12.8. The van der Waals surface area contributed by atoms with Crippen molar-refractivity contribution in [2.75, 3.05) is 26.3 Å². The lowest BCUT2D eigenvalue weighted by Crippen LogP contribution is -2.35. The summed E-state index contributed by atoms with van der Waals surface area (Å²) in [7, 11) is 0. The minimum absolute atomic E-state index is 0.0211. The maximum atomic E-state index is 12.8. The first-order chi connectivity index (χ1) is 13.7. The molecule has 0 spiro atoms. The lowest BCUT2D eigenvalue weighted by atomic mass is 9.86. The molecule has 8 heteroatoms. The van der Waals surface area contributed by atoms with E-state index >= 15 is 0 Å². The fourth-order valence-corrected chi connectivity index (χ4v) is 4.58. The summed E-state index contributed by atoms with van der Waals surface area (Å²) in [4.78, 5) is 26.9. The summed E-state index contributed by atoms with van der Waals surface area (Å²) >= 11 is 0. The molecule has 154 valence electrons. The van der Waals surface area contributed by atoms with Gasteiger partial charge < -0.3 is 19.5 Å². The lowest BCUT2D eigenvalue weighted by molar-refractivity contribution is -0.132. The van der Waals surface area contributed by atoms with E-state index in [2.05, 4.69) is 20.1 Å². The van der Waals surface area contributed by atoms with Crippen LogP contribution in [0.3, 0.4) is 0 Å². The number of fused-ring (bicyclic) bond motifs is 1. The van der Waals surface area contributed by atoms with E-state index in [4.69, 9.17) is 4.74 Å². The average molecular weight is 390 g/mol. The van der Waals surface area contributed by atoms with Gasteiger partial charge in [-0.15, -0.1) is 10.2 Å². The van der Waals surface area contributed by atoms with E-state index in [-0.39, 0.29) is 17.7 Å². The highest BCUT2D eigenvalue weighted by atomic mass is 16.5. The average Bonchev–Trinajstić information content (AvgIpc) is 3.33. The van der Waals surface area contributed by atoms with Crippen molar-refractivity contribution in [1.82, 2.24) is 25.0 Å². The fraction of sp³-hybridized carbons (Fsp3) is 0.800. The number of carbonyl (C=O) groups excluding carboxylic acids is 2. The van der Waals surface area contributed by atoms with E-state index in [0.717, 1.165) is 18.1 Å². The Bertz CT molecular complexity index is 692. The molecule has 2 fully saturated rings. The van der Waals surface area contributed by atoms with Crippen LogP contribution in [0.2, 0.25) is 0 Å². The number of ether oxygens (including phenoxy) is 1. The van der Waals surface area contributed by atoms with Crippen molar-refractivity contribution in [2.45, 2.75) is 64.5 Å². The normalized spacial score (nSPS) is 23.3. The first-order valence-electron chi connectivity index (χ1n) is 10.7. The minimum atomic E-state index is -0.0561.